The highest BCUT2D eigenvalue weighted by molar-refractivity contribution is 6.31. The van der Waals surface area contributed by atoms with Gasteiger partial charge < -0.3 is 15.4 Å². The molecule has 0 radical (unpaired) electrons. The minimum atomic E-state index is -0.514. The summed E-state index contributed by atoms with van der Waals surface area (Å²) in [7, 11) is 1.50. The van der Waals surface area contributed by atoms with Crippen molar-refractivity contribution in [3.63, 3.8) is 0 Å². The second kappa shape index (κ2) is 7.33. The predicted octanol–water partition coefficient (Wildman–Crippen LogP) is 4.19. The zero-order valence-electron chi connectivity index (χ0n) is 11.6. The molecule has 116 valence electrons. The number of hydrogen-bond donors (Lipinski definition) is 2. The third-order valence-electron chi connectivity index (χ3n) is 2.81. The van der Waals surface area contributed by atoms with Crippen molar-refractivity contribution in [2.24, 2.45) is 0 Å². The first kappa shape index (κ1) is 16.4. The molecule has 0 bridgehead atoms. The Morgan fingerprint density at radius 3 is 2.68 bits per heavy atom. The highest BCUT2D eigenvalue weighted by Gasteiger charge is 2.09. The molecule has 0 aromatic heterocycles. The third-order valence-corrected chi connectivity index (χ3v) is 3.33. The number of carbonyl (C=O) groups is 1. The summed E-state index contributed by atoms with van der Waals surface area (Å²) in [5.74, 6) is -0.316. The average molecular weight is 343 g/mol. The number of anilines is 2. The molecule has 2 aromatic rings. The van der Waals surface area contributed by atoms with Gasteiger partial charge in [0.05, 0.1) is 24.4 Å². The minimum Gasteiger partial charge on any atom is -0.495 e. The summed E-state index contributed by atoms with van der Waals surface area (Å²) in [6.45, 7) is -0.0162. The highest BCUT2D eigenvalue weighted by Crippen LogP contribution is 2.27. The summed E-state index contributed by atoms with van der Waals surface area (Å²) in [6, 6.07) is 9.04. The van der Waals surface area contributed by atoms with Gasteiger partial charge in [-0.1, -0.05) is 23.2 Å². The number of benzene rings is 2. The quantitative estimate of drug-likeness (QED) is 0.856. The van der Waals surface area contributed by atoms with E-state index < -0.39 is 5.82 Å². The SMILES string of the molecule is COc1ccc(Cl)cc1NC(=O)CNc1ccc(F)c(Cl)c1. The normalized spacial score (nSPS) is 10.2. The molecule has 0 aliphatic rings. The molecular formula is C15H13Cl2FN2O2. The highest BCUT2D eigenvalue weighted by atomic mass is 35.5. The van der Waals surface area contributed by atoms with Gasteiger partial charge in [-0.3, -0.25) is 4.79 Å². The molecule has 0 spiro atoms. The van der Waals surface area contributed by atoms with E-state index in [1.807, 2.05) is 0 Å². The van der Waals surface area contributed by atoms with Crippen LogP contribution in [-0.4, -0.2) is 19.6 Å². The van der Waals surface area contributed by atoms with E-state index in [1.165, 1.54) is 25.3 Å². The molecule has 0 heterocycles. The lowest BCUT2D eigenvalue weighted by atomic mass is 10.3. The van der Waals surface area contributed by atoms with Gasteiger partial charge in [-0.2, -0.15) is 0 Å². The number of ether oxygens (including phenoxy) is 1. The van der Waals surface area contributed by atoms with Crippen LogP contribution in [0.1, 0.15) is 0 Å². The molecule has 1 amide bonds. The van der Waals surface area contributed by atoms with Crippen LogP contribution >= 0.6 is 23.2 Å². The minimum absolute atomic E-state index is 0.0121. The molecule has 22 heavy (non-hydrogen) atoms. The van der Waals surface area contributed by atoms with Gasteiger partial charge in [0.25, 0.3) is 0 Å². The Bertz CT molecular complexity index is 695. The maximum absolute atomic E-state index is 13.0. The number of nitrogens with one attached hydrogen (secondary N) is 2. The first-order chi connectivity index (χ1) is 10.5. The van der Waals surface area contributed by atoms with Crippen LogP contribution < -0.4 is 15.4 Å². The van der Waals surface area contributed by atoms with Crippen molar-refractivity contribution in [2.45, 2.75) is 0 Å². The average Bonchev–Trinajstić information content (AvgIpc) is 2.49. The molecule has 2 rings (SSSR count). The first-order valence-electron chi connectivity index (χ1n) is 6.32. The van der Waals surface area contributed by atoms with Crippen LogP contribution in [0.25, 0.3) is 0 Å². The van der Waals surface area contributed by atoms with Gasteiger partial charge in [-0.05, 0) is 36.4 Å². The predicted molar refractivity (Wildman–Crippen MR) is 86.5 cm³/mol. The molecule has 0 saturated heterocycles. The Kier molecular flexibility index (Phi) is 5.46. The van der Waals surface area contributed by atoms with Crippen LogP contribution in [-0.2, 0) is 4.79 Å². The molecular weight excluding hydrogens is 330 g/mol. The number of hydrogen-bond acceptors (Lipinski definition) is 3. The lowest BCUT2D eigenvalue weighted by Crippen LogP contribution is -2.22. The van der Waals surface area contributed by atoms with Crippen molar-refractivity contribution in [3.05, 3.63) is 52.3 Å². The summed E-state index contributed by atoms with van der Waals surface area (Å²) in [5, 5.41) is 6.00. The van der Waals surface area contributed by atoms with Gasteiger partial charge in [0.15, 0.2) is 0 Å². The van der Waals surface area contributed by atoms with Crippen molar-refractivity contribution < 1.29 is 13.9 Å². The van der Waals surface area contributed by atoms with Crippen LogP contribution in [0.5, 0.6) is 5.75 Å². The van der Waals surface area contributed by atoms with Crippen LogP contribution in [0.4, 0.5) is 15.8 Å². The van der Waals surface area contributed by atoms with Crippen molar-refractivity contribution in [1.82, 2.24) is 0 Å². The Balaban J connectivity index is 1.98. The van der Waals surface area contributed by atoms with E-state index >= 15 is 0 Å². The topological polar surface area (TPSA) is 50.4 Å². The van der Waals surface area contributed by atoms with Gasteiger partial charge in [-0.15, -0.1) is 0 Å². The third kappa shape index (κ3) is 4.26. The largest absolute Gasteiger partial charge is 0.495 e. The summed E-state index contributed by atoms with van der Waals surface area (Å²) < 4.78 is 18.2. The number of rotatable bonds is 5. The van der Waals surface area contributed by atoms with Crippen molar-refractivity contribution >= 4 is 40.5 Å². The fourth-order valence-electron chi connectivity index (χ4n) is 1.76. The molecule has 0 fully saturated rings. The Morgan fingerprint density at radius 1 is 1.23 bits per heavy atom. The number of amides is 1. The van der Waals surface area contributed by atoms with Crippen LogP contribution in [0.3, 0.4) is 0 Å². The molecule has 2 aromatic carbocycles. The summed E-state index contributed by atoms with van der Waals surface area (Å²) in [4.78, 5) is 11.9. The van der Waals surface area contributed by atoms with Gasteiger partial charge in [0.1, 0.15) is 11.6 Å². The van der Waals surface area contributed by atoms with Crippen LogP contribution in [0.15, 0.2) is 36.4 Å². The molecule has 0 saturated carbocycles. The van der Waals surface area contributed by atoms with Crippen molar-refractivity contribution in [3.8, 4) is 5.75 Å². The Labute approximate surface area is 137 Å². The van der Waals surface area contributed by atoms with E-state index in [1.54, 1.807) is 18.2 Å². The van der Waals surface area contributed by atoms with Crippen LogP contribution in [0, 0.1) is 5.82 Å². The smallest absolute Gasteiger partial charge is 0.243 e. The number of carbonyl (C=O) groups excluding carboxylic acids is 1. The maximum atomic E-state index is 13.0. The Morgan fingerprint density at radius 2 is 2.00 bits per heavy atom. The van der Waals surface area contributed by atoms with E-state index in [9.17, 15) is 9.18 Å². The molecule has 0 atom stereocenters. The molecule has 0 aliphatic heterocycles. The zero-order valence-corrected chi connectivity index (χ0v) is 13.1. The van der Waals surface area contributed by atoms with Gasteiger partial charge in [-0.25, -0.2) is 4.39 Å². The van der Waals surface area contributed by atoms with E-state index in [0.29, 0.717) is 22.1 Å². The molecule has 7 heteroatoms. The van der Waals surface area contributed by atoms with Gasteiger partial charge in [0, 0.05) is 10.7 Å². The second-order valence-electron chi connectivity index (χ2n) is 4.38. The van der Waals surface area contributed by atoms with E-state index in [0.717, 1.165) is 0 Å². The fourth-order valence-corrected chi connectivity index (χ4v) is 2.11. The van der Waals surface area contributed by atoms with Crippen molar-refractivity contribution in [2.75, 3.05) is 24.3 Å². The Hall–Kier alpha value is -1.98. The van der Waals surface area contributed by atoms with E-state index in [-0.39, 0.29) is 17.5 Å². The number of halogens is 3. The standard InChI is InChI=1S/C15H13Cl2FN2O2/c1-22-14-5-2-9(16)6-13(14)20-15(21)8-19-10-3-4-12(18)11(17)7-10/h2-7,19H,8H2,1H3,(H,20,21). The monoisotopic (exact) mass is 342 g/mol. The lowest BCUT2D eigenvalue weighted by molar-refractivity contribution is -0.114. The van der Waals surface area contributed by atoms with Gasteiger partial charge >= 0.3 is 0 Å². The molecule has 4 nitrogen and oxygen atoms in total. The summed E-state index contributed by atoms with van der Waals surface area (Å²) in [5.41, 5.74) is 1.01. The maximum Gasteiger partial charge on any atom is 0.243 e. The van der Waals surface area contributed by atoms with E-state index in [4.69, 9.17) is 27.9 Å². The van der Waals surface area contributed by atoms with Crippen molar-refractivity contribution in [1.29, 1.82) is 0 Å². The molecule has 2 N–H and O–H groups in total. The lowest BCUT2D eigenvalue weighted by Gasteiger charge is -2.11. The summed E-state index contributed by atoms with van der Waals surface area (Å²) >= 11 is 11.6. The fraction of sp³-hybridized carbons (Fsp3) is 0.133. The molecule has 0 unspecified atom stereocenters. The molecule has 0 aliphatic carbocycles. The van der Waals surface area contributed by atoms with Crippen LogP contribution in [0.2, 0.25) is 10.0 Å². The first-order valence-corrected chi connectivity index (χ1v) is 7.07. The zero-order chi connectivity index (χ0) is 16.1. The number of methoxy groups -OCH3 is 1. The van der Waals surface area contributed by atoms with E-state index in [2.05, 4.69) is 10.6 Å². The van der Waals surface area contributed by atoms with Gasteiger partial charge in [0.2, 0.25) is 5.91 Å². The second-order valence-corrected chi connectivity index (χ2v) is 5.22. The summed E-state index contributed by atoms with van der Waals surface area (Å²) in [6.07, 6.45) is 0.